The van der Waals surface area contributed by atoms with Crippen molar-refractivity contribution in [2.24, 2.45) is 0 Å². The molecule has 2 heterocycles. The summed E-state index contributed by atoms with van der Waals surface area (Å²) in [6, 6.07) is 9.64. The Kier molecular flexibility index (Phi) is 3.80. The predicted octanol–water partition coefficient (Wildman–Crippen LogP) is 3.17. The molecule has 6 nitrogen and oxygen atoms in total. The lowest BCUT2D eigenvalue weighted by molar-refractivity contribution is 0.0936. The van der Waals surface area contributed by atoms with E-state index in [4.69, 9.17) is 4.52 Å². The molecule has 0 unspecified atom stereocenters. The van der Waals surface area contributed by atoms with Crippen LogP contribution in [-0.4, -0.2) is 21.0 Å². The molecule has 1 aliphatic carbocycles. The molecule has 1 N–H and O–H groups in total. The molecular weight excluding hydrogens is 316 g/mol. The number of nitrogens with zero attached hydrogens (tertiary/aromatic N) is 3. The van der Waals surface area contributed by atoms with Crippen LogP contribution in [-0.2, 0) is 6.42 Å². The van der Waals surface area contributed by atoms with E-state index in [2.05, 4.69) is 26.5 Å². The van der Waals surface area contributed by atoms with Gasteiger partial charge in [-0.3, -0.25) is 9.78 Å². The van der Waals surface area contributed by atoms with Gasteiger partial charge in [-0.2, -0.15) is 4.98 Å². The molecule has 0 saturated carbocycles. The first-order chi connectivity index (χ1) is 12.1. The molecular formula is C19H18N4O2. The number of fused-ring (bicyclic) bond motifs is 1. The van der Waals surface area contributed by atoms with Crippen LogP contribution in [0.3, 0.4) is 0 Å². The van der Waals surface area contributed by atoms with Crippen molar-refractivity contribution in [3.05, 3.63) is 64.7 Å². The van der Waals surface area contributed by atoms with Crippen LogP contribution in [0.25, 0.3) is 11.5 Å². The van der Waals surface area contributed by atoms with Gasteiger partial charge in [0.1, 0.15) is 0 Å². The first kappa shape index (κ1) is 15.5. The quantitative estimate of drug-likeness (QED) is 0.796. The number of aromatic nitrogens is 3. The van der Waals surface area contributed by atoms with Crippen LogP contribution in [0.15, 0.2) is 41.1 Å². The summed E-state index contributed by atoms with van der Waals surface area (Å²) in [5.41, 5.74) is 4.75. The molecule has 2 aromatic heterocycles. The number of rotatable bonds is 3. The number of aryl methyl sites for hydroxylation is 3. The van der Waals surface area contributed by atoms with Gasteiger partial charge in [0, 0.05) is 23.0 Å². The maximum Gasteiger partial charge on any atom is 0.257 e. The van der Waals surface area contributed by atoms with E-state index in [1.807, 2.05) is 19.1 Å². The molecule has 126 valence electrons. The highest BCUT2D eigenvalue weighted by molar-refractivity contribution is 5.94. The molecule has 3 aromatic rings. The van der Waals surface area contributed by atoms with Crippen molar-refractivity contribution in [1.29, 1.82) is 0 Å². The summed E-state index contributed by atoms with van der Waals surface area (Å²) in [6.07, 6.45) is 3.46. The third-order valence-corrected chi connectivity index (χ3v) is 4.46. The summed E-state index contributed by atoms with van der Waals surface area (Å²) >= 11 is 0. The smallest absolute Gasteiger partial charge is 0.257 e. The summed E-state index contributed by atoms with van der Waals surface area (Å²) in [5, 5.41) is 6.96. The fraction of sp³-hybridized carbons (Fsp3) is 0.263. The van der Waals surface area contributed by atoms with Crippen molar-refractivity contribution in [1.82, 2.24) is 20.4 Å². The lowest BCUT2D eigenvalue weighted by atomic mass is 10.0. The number of amides is 1. The van der Waals surface area contributed by atoms with Gasteiger partial charge in [-0.1, -0.05) is 11.2 Å². The Morgan fingerprint density at radius 1 is 1.24 bits per heavy atom. The Balaban J connectivity index is 1.55. The van der Waals surface area contributed by atoms with Gasteiger partial charge >= 0.3 is 0 Å². The topological polar surface area (TPSA) is 80.9 Å². The van der Waals surface area contributed by atoms with Crippen molar-refractivity contribution >= 4 is 5.91 Å². The number of carbonyl (C=O) groups excluding carboxylic acids is 1. The molecule has 1 aromatic carbocycles. The number of pyridine rings is 1. The molecule has 0 saturated heterocycles. The van der Waals surface area contributed by atoms with Gasteiger partial charge in [0.05, 0.1) is 6.04 Å². The highest BCUT2D eigenvalue weighted by atomic mass is 16.5. The van der Waals surface area contributed by atoms with Crippen molar-refractivity contribution in [2.45, 2.75) is 32.7 Å². The van der Waals surface area contributed by atoms with E-state index in [0.717, 1.165) is 29.7 Å². The summed E-state index contributed by atoms with van der Waals surface area (Å²) in [7, 11) is 0. The fourth-order valence-corrected chi connectivity index (χ4v) is 3.24. The van der Waals surface area contributed by atoms with Gasteiger partial charge in [0.25, 0.3) is 11.8 Å². The Morgan fingerprint density at radius 2 is 2.12 bits per heavy atom. The number of nitrogens with one attached hydrogen (secondary N) is 1. The largest absolute Gasteiger partial charge is 0.345 e. The van der Waals surface area contributed by atoms with Crippen molar-refractivity contribution in [3.63, 3.8) is 0 Å². The number of benzene rings is 1. The normalized spacial score (nSPS) is 15.8. The fourth-order valence-electron chi connectivity index (χ4n) is 3.24. The van der Waals surface area contributed by atoms with Gasteiger partial charge in [0.2, 0.25) is 0 Å². The molecule has 1 amide bonds. The maximum atomic E-state index is 12.5. The SMILES string of the molecule is Cc1cc(C(=O)N[C@@H]2CCc3cc(-c4nc(C)no4)ccc32)ccn1. The van der Waals surface area contributed by atoms with Crippen LogP contribution < -0.4 is 5.32 Å². The standard InChI is InChI=1S/C19H18N4O2/c1-11-9-14(7-8-20-11)18(24)22-17-6-4-13-10-15(3-5-16(13)17)19-21-12(2)23-25-19/h3,5,7-10,17H,4,6H2,1-2H3,(H,22,24)/t17-/m1/s1. The van der Waals surface area contributed by atoms with Gasteiger partial charge < -0.3 is 9.84 Å². The van der Waals surface area contributed by atoms with E-state index in [-0.39, 0.29) is 11.9 Å². The minimum atomic E-state index is -0.0695. The van der Waals surface area contributed by atoms with Gasteiger partial charge in [-0.15, -0.1) is 0 Å². The maximum absolute atomic E-state index is 12.5. The van der Waals surface area contributed by atoms with Gasteiger partial charge in [-0.25, -0.2) is 0 Å². The molecule has 25 heavy (non-hydrogen) atoms. The monoisotopic (exact) mass is 334 g/mol. The predicted molar refractivity (Wildman–Crippen MR) is 92.0 cm³/mol. The average molecular weight is 334 g/mol. The first-order valence-electron chi connectivity index (χ1n) is 8.27. The molecule has 0 fully saturated rings. The van der Waals surface area contributed by atoms with E-state index in [9.17, 15) is 4.79 Å². The highest BCUT2D eigenvalue weighted by Crippen LogP contribution is 2.34. The highest BCUT2D eigenvalue weighted by Gasteiger charge is 2.25. The molecule has 0 spiro atoms. The molecule has 1 atom stereocenters. The third-order valence-electron chi connectivity index (χ3n) is 4.46. The van der Waals surface area contributed by atoms with Crippen LogP contribution in [0.5, 0.6) is 0 Å². The van der Waals surface area contributed by atoms with E-state index < -0.39 is 0 Å². The minimum absolute atomic E-state index is 0.0226. The van der Waals surface area contributed by atoms with Crippen LogP contribution in [0.2, 0.25) is 0 Å². The van der Waals surface area contributed by atoms with Gasteiger partial charge in [-0.05, 0) is 62.1 Å². The van der Waals surface area contributed by atoms with E-state index in [0.29, 0.717) is 17.3 Å². The van der Waals surface area contributed by atoms with Crippen LogP contribution >= 0.6 is 0 Å². The number of hydrogen-bond donors (Lipinski definition) is 1. The molecule has 6 heteroatoms. The van der Waals surface area contributed by atoms with Crippen molar-refractivity contribution < 1.29 is 9.32 Å². The van der Waals surface area contributed by atoms with Crippen LogP contribution in [0, 0.1) is 13.8 Å². The second-order valence-electron chi connectivity index (χ2n) is 6.31. The molecule has 4 rings (SSSR count). The zero-order valence-corrected chi connectivity index (χ0v) is 14.1. The van der Waals surface area contributed by atoms with Crippen molar-refractivity contribution in [3.8, 4) is 11.5 Å². The van der Waals surface area contributed by atoms with E-state index in [1.165, 1.54) is 5.56 Å². The van der Waals surface area contributed by atoms with E-state index in [1.54, 1.807) is 25.3 Å². The molecule has 1 aliphatic rings. The summed E-state index contributed by atoms with van der Waals surface area (Å²) < 4.78 is 5.23. The van der Waals surface area contributed by atoms with Crippen LogP contribution in [0.1, 0.15) is 45.5 Å². The lowest BCUT2D eigenvalue weighted by Gasteiger charge is -2.14. The zero-order valence-electron chi connectivity index (χ0n) is 14.1. The Labute approximate surface area is 145 Å². The minimum Gasteiger partial charge on any atom is -0.345 e. The van der Waals surface area contributed by atoms with E-state index >= 15 is 0 Å². The van der Waals surface area contributed by atoms with Crippen molar-refractivity contribution in [2.75, 3.05) is 0 Å². The second kappa shape index (κ2) is 6.12. The van der Waals surface area contributed by atoms with Crippen LogP contribution in [0.4, 0.5) is 0 Å². The molecule has 0 aliphatic heterocycles. The Morgan fingerprint density at radius 3 is 2.88 bits per heavy atom. The Bertz CT molecular complexity index is 948. The Hall–Kier alpha value is -3.02. The average Bonchev–Trinajstić information content (AvgIpc) is 3.21. The lowest BCUT2D eigenvalue weighted by Crippen LogP contribution is -2.27. The van der Waals surface area contributed by atoms with Gasteiger partial charge in [0.15, 0.2) is 5.82 Å². The molecule has 0 radical (unpaired) electrons. The third kappa shape index (κ3) is 3.03. The second-order valence-corrected chi connectivity index (χ2v) is 6.31. The summed E-state index contributed by atoms with van der Waals surface area (Å²) in [6.45, 7) is 3.68. The summed E-state index contributed by atoms with van der Waals surface area (Å²) in [4.78, 5) is 20.9. The number of carbonyl (C=O) groups is 1. The molecule has 0 bridgehead atoms. The zero-order chi connectivity index (χ0) is 17.4. The number of hydrogen-bond acceptors (Lipinski definition) is 5. The summed E-state index contributed by atoms with van der Waals surface area (Å²) in [5.74, 6) is 1.08. The first-order valence-corrected chi connectivity index (χ1v) is 8.27.